The molecule has 1 atom stereocenters. The van der Waals surface area contributed by atoms with Gasteiger partial charge in [-0.2, -0.15) is 5.10 Å². The summed E-state index contributed by atoms with van der Waals surface area (Å²) in [7, 11) is 0. The number of benzene rings is 3. The first-order valence-electron chi connectivity index (χ1n) is 9.75. The molecule has 3 rings (SSSR count). The number of phenols is 1. The molecule has 0 unspecified atom stereocenters. The number of hydrogen-bond donors (Lipinski definition) is 3. The summed E-state index contributed by atoms with van der Waals surface area (Å²) in [6, 6.07) is 19.8. The first kappa shape index (κ1) is 23.9. The van der Waals surface area contributed by atoms with Crippen molar-refractivity contribution in [2.24, 2.45) is 5.10 Å². The van der Waals surface area contributed by atoms with E-state index in [0.29, 0.717) is 11.1 Å². The number of phenolic OH excluding ortho intramolecular Hbond substituents is 1. The smallest absolute Gasteiger partial charge is 0.312 e. The van der Waals surface area contributed by atoms with Crippen molar-refractivity contribution in [3.63, 3.8) is 0 Å². The highest BCUT2D eigenvalue weighted by Gasteiger charge is 2.20. The summed E-state index contributed by atoms with van der Waals surface area (Å²) in [5.41, 5.74) is 3.48. The van der Waals surface area contributed by atoms with E-state index in [1.54, 1.807) is 52.9 Å². The Morgan fingerprint density at radius 1 is 1.09 bits per heavy atom. The van der Waals surface area contributed by atoms with Gasteiger partial charge in [0.1, 0.15) is 0 Å². The fourth-order valence-corrected chi connectivity index (χ4v) is 3.63. The summed E-state index contributed by atoms with van der Waals surface area (Å²) >= 11 is 1.77. The second kappa shape index (κ2) is 11.2. The van der Waals surface area contributed by atoms with Crippen LogP contribution in [0.5, 0.6) is 5.75 Å². The van der Waals surface area contributed by atoms with Gasteiger partial charge < -0.3 is 10.4 Å². The van der Waals surface area contributed by atoms with Crippen LogP contribution in [-0.2, 0) is 4.79 Å². The number of nitrogens with zero attached hydrogens (tertiary/aromatic N) is 2. The van der Waals surface area contributed by atoms with Crippen LogP contribution in [0.15, 0.2) is 77.9 Å². The average Bonchev–Trinajstić information content (AvgIpc) is 2.81. The van der Waals surface area contributed by atoms with Crippen LogP contribution < -0.4 is 10.7 Å². The molecule has 0 bridgehead atoms. The number of amides is 2. The van der Waals surface area contributed by atoms with E-state index >= 15 is 0 Å². The Morgan fingerprint density at radius 3 is 2.36 bits per heavy atom. The number of carbonyl (C=O) groups is 2. The molecule has 0 aliphatic heterocycles. The summed E-state index contributed by atoms with van der Waals surface area (Å²) < 4.78 is 0.280. The van der Waals surface area contributed by atoms with Gasteiger partial charge in [-0.3, -0.25) is 19.7 Å². The Balaban J connectivity index is 1.70. The lowest BCUT2D eigenvalue weighted by atomic mass is 10.0. The predicted octanol–water partition coefficient (Wildman–Crippen LogP) is 3.92. The quantitative estimate of drug-likeness (QED) is 0.167. The van der Waals surface area contributed by atoms with Crippen molar-refractivity contribution in [2.45, 2.75) is 12.5 Å². The lowest BCUT2D eigenvalue weighted by Gasteiger charge is -2.18. The molecule has 9 nitrogen and oxygen atoms in total. The Labute approximate surface area is 202 Å². The van der Waals surface area contributed by atoms with E-state index in [9.17, 15) is 24.8 Å². The van der Waals surface area contributed by atoms with Crippen LogP contribution in [0.25, 0.3) is 0 Å². The van der Waals surface area contributed by atoms with Gasteiger partial charge in [0, 0.05) is 17.2 Å². The summed E-state index contributed by atoms with van der Waals surface area (Å²) in [6.45, 7) is 0. The van der Waals surface area contributed by atoms with Crippen LogP contribution in [0.2, 0.25) is 0 Å². The van der Waals surface area contributed by atoms with Crippen LogP contribution in [-0.4, -0.2) is 28.1 Å². The standard InChI is InChI=1S/C23H19IN4O5/c24-18-11-15(12-20(22(18)30)28(32)33)14-25-27-21(29)13-19(16-7-3-1-4-8-16)26-23(31)17-9-5-2-6-10-17/h1-12,14,19,30H,13H2,(H,26,31)(H,27,29)/b25-14-/t19-/m1/s1. The molecule has 0 spiro atoms. The maximum Gasteiger partial charge on any atom is 0.312 e. The highest BCUT2D eigenvalue weighted by Crippen LogP contribution is 2.31. The van der Waals surface area contributed by atoms with E-state index in [0.717, 1.165) is 11.6 Å². The number of rotatable bonds is 8. The molecule has 3 aromatic carbocycles. The zero-order valence-electron chi connectivity index (χ0n) is 17.1. The number of nitrogens with one attached hydrogen (secondary N) is 2. The Bertz CT molecular complexity index is 1190. The van der Waals surface area contributed by atoms with Gasteiger partial charge in [-0.25, -0.2) is 5.43 Å². The first-order chi connectivity index (χ1) is 15.8. The second-order valence-electron chi connectivity index (χ2n) is 6.93. The van der Waals surface area contributed by atoms with Gasteiger partial charge in [0.2, 0.25) is 11.7 Å². The van der Waals surface area contributed by atoms with E-state index in [2.05, 4.69) is 15.8 Å². The molecule has 0 aromatic heterocycles. The molecule has 3 N–H and O–H groups in total. The molecule has 2 amide bonds. The number of halogens is 1. The SMILES string of the molecule is O=C(C[C@@H](NC(=O)c1ccccc1)c1ccccc1)N/N=C\c1cc(I)c(O)c([N+](=O)[O-])c1. The lowest BCUT2D eigenvalue weighted by molar-refractivity contribution is -0.386. The maximum absolute atomic E-state index is 12.6. The van der Waals surface area contributed by atoms with Crippen molar-refractivity contribution in [3.8, 4) is 5.75 Å². The fourth-order valence-electron chi connectivity index (χ4n) is 3.00. The fraction of sp³-hybridized carbons (Fsp3) is 0.0870. The summed E-state index contributed by atoms with van der Waals surface area (Å²) in [5, 5.41) is 27.5. The van der Waals surface area contributed by atoms with E-state index < -0.39 is 28.3 Å². The molecule has 0 aliphatic rings. The normalized spacial score (nSPS) is 11.7. The third kappa shape index (κ3) is 6.59. The topological polar surface area (TPSA) is 134 Å². The first-order valence-corrected chi connectivity index (χ1v) is 10.8. The van der Waals surface area contributed by atoms with E-state index in [4.69, 9.17) is 0 Å². The molecule has 10 heteroatoms. The molecule has 168 valence electrons. The van der Waals surface area contributed by atoms with Gasteiger partial charge in [0.05, 0.1) is 27.2 Å². The van der Waals surface area contributed by atoms with Crippen LogP contribution in [0.3, 0.4) is 0 Å². The molecule has 0 radical (unpaired) electrons. The van der Waals surface area contributed by atoms with Gasteiger partial charge in [-0.05, 0) is 46.4 Å². The third-order valence-electron chi connectivity index (χ3n) is 4.60. The van der Waals surface area contributed by atoms with Gasteiger partial charge in [0.25, 0.3) is 5.91 Å². The van der Waals surface area contributed by atoms with Crippen molar-refractivity contribution in [3.05, 3.63) is 103 Å². The third-order valence-corrected chi connectivity index (χ3v) is 5.42. The van der Waals surface area contributed by atoms with Crippen LogP contribution in [0, 0.1) is 13.7 Å². The number of nitro benzene ring substituents is 1. The minimum Gasteiger partial charge on any atom is -0.501 e. The second-order valence-corrected chi connectivity index (χ2v) is 8.09. The Hall–Kier alpha value is -3.80. The van der Waals surface area contributed by atoms with Crippen LogP contribution >= 0.6 is 22.6 Å². The molecule has 3 aromatic rings. The monoisotopic (exact) mass is 558 g/mol. The van der Waals surface area contributed by atoms with Gasteiger partial charge in [-0.1, -0.05) is 48.5 Å². The maximum atomic E-state index is 12.6. The van der Waals surface area contributed by atoms with E-state index in [-0.39, 0.29) is 15.9 Å². The Morgan fingerprint density at radius 2 is 1.73 bits per heavy atom. The number of nitro groups is 1. The number of carbonyl (C=O) groups excluding carboxylic acids is 2. The van der Waals surface area contributed by atoms with Crippen LogP contribution in [0.4, 0.5) is 5.69 Å². The minimum absolute atomic E-state index is 0.0762. The van der Waals surface area contributed by atoms with Gasteiger partial charge >= 0.3 is 5.69 Å². The molecule has 0 saturated heterocycles. The largest absolute Gasteiger partial charge is 0.501 e. The van der Waals surface area contributed by atoms with Crippen molar-refractivity contribution >= 4 is 46.3 Å². The van der Waals surface area contributed by atoms with E-state index in [1.165, 1.54) is 12.3 Å². The number of aromatic hydroxyl groups is 1. The lowest BCUT2D eigenvalue weighted by Crippen LogP contribution is -2.32. The van der Waals surface area contributed by atoms with Crippen molar-refractivity contribution < 1.29 is 19.6 Å². The van der Waals surface area contributed by atoms with Gasteiger partial charge in [0.15, 0.2) is 0 Å². The molecule has 0 fully saturated rings. The van der Waals surface area contributed by atoms with Crippen LogP contribution in [0.1, 0.15) is 33.9 Å². The molecular weight excluding hydrogens is 539 g/mol. The minimum atomic E-state index is -0.701. The average molecular weight is 558 g/mol. The van der Waals surface area contributed by atoms with Crippen molar-refractivity contribution in [1.82, 2.24) is 10.7 Å². The molecule has 0 saturated carbocycles. The summed E-state index contributed by atoms with van der Waals surface area (Å²) in [5.74, 6) is -1.20. The number of hydrogen-bond acceptors (Lipinski definition) is 6. The molecule has 0 heterocycles. The number of hydrazone groups is 1. The highest BCUT2D eigenvalue weighted by molar-refractivity contribution is 14.1. The van der Waals surface area contributed by atoms with Crippen molar-refractivity contribution in [1.29, 1.82) is 0 Å². The summed E-state index contributed by atoms with van der Waals surface area (Å²) in [4.78, 5) is 35.5. The zero-order valence-corrected chi connectivity index (χ0v) is 19.3. The van der Waals surface area contributed by atoms with E-state index in [1.807, 2.05) is 30.3 Å². The molecular formula is C23H19IN4O5. The zero-order chi connectivity index (χ0) is 23.8. The summed E-state index contributed by atoms with van der Waals surface area (Å²) in [6.07, 6.45) is 1.17. The van der Waals surface area contributed by atoms with Gasteiger partial charge in [-0.15, -0.1) is 0 Å². The van der Waals surface area contributed by atoms with Crippen molar-refractivity contribution in [2.75, 3.05) is 0 Å². The predicted molar refractivity (Wildman–Crippen MR) is 131 cm³/mol. The molecule has 0 aliphatic carbocycles. The molecule has 33 heavy (non-hydrogen) atoms. The Kier molecular flexibility index (Phi) is 8.08. The highest BCUT2D eigenvalue weighted by atomic mass is 127.